The maximum atomic E-state index is 12.0. The van der Waals surface area contributed by atoms with E-state index in [4.69, 9.17) is 4.74 Å². The molecule has 0 aromatic carbocycles. The highest BCUT2D eigenvalue weighted by Crippen LogP contribution is 2.31. The summed E-state index contributed by atoms with van der Waals surface area (Å²) in [5.74, 6) is 0.573. The number of likely N-dealkylation sites (tertiary alicyclic amines) is 1. The fourth-order valence-electron chi connectivity index (χ4n) is 2.11. The van der Waals surface area contributed by atoms with Gasteiger partial charge in [-0.05, 0) is 40.5 Å². The molecule has 0 atom stereocenters. The van der Waals surface area contributed by atoms with Crippen molar-refractivity contribution in [3.63, 3.8) is 0 Å². The normalized spacial score (nSPS) is 18.3. The van der Waals surface area contributed by atoms with Crippen molar-refractivity contribution in [3.8, 4) is 0 Å². The molecule has 22 heavy (non-hydrogen) atoms. The van der Waals surface area contributed by atoms with E-state index in [1.165, 1.54) is 23.1 Å². The van der Waals surface area contributed by atoms with E-state index in [1.807, 2.05) is 27.7 Å². The molecule has 1 aromatic rings. The van der Waals surface area contributed by atoms with E-state index in [-0.39, 0.29) is 6.09 Å². The summed E-state index contributed by atoms with van der Waals surface area (Å²) in [5, 5.41) is 19.6. The summed E-state index contributed by atoms with van der Waals surface area (Å²) in [5.41, 5.74) is -1.25. The zero-order valence-electron chi connectivity index (χ0n) is 13.5. The Morgan fingerprint density at radius 2 is 2.05 bits per heavy atom. The van der Waals surface area contributed by atoms with Gasteiger partial charge < -0.3 is 14.7 Å². The van der Waals surface area contributed by atoms with Gasteiger partial charge in [0.05, 0.1) is 5.60 Å². The van der Waals surface area contributed by atoms with Crippen LogP contribution in [-0.4, -0.2) is 56.3 Å². The van der Waals surface area contributed by atoms with Crippen molar-refractivity contribution in [2.24, 2.45) is 0 Å². The van der Waals surface area contributed by atoms with Crippen molar-refractivity contribution in [3.05, 3.63) is 5.01 Å². The maximum absolute atomic E-state index is 12.0. The van der Waals surface area contributed by atoms with Crippen molar-refractivity contribution in [1.29, 1.82) is 0 Å². The number of thioether (sulfide) groups is 1. The average molecular weight is 345 g/mol. The molecule has 1 aliphatic rings. The molecule has 1 N–H and O–H groups in total. The van der Waals surface area contributed by atoms with E-state index in [9.17, 15) is 9.90 Å². The lowest BCUT2D eigenvalue weighted by atomic mass is 9.94. The predicted molar refractivity (Wildman–Crippen MR) is 87.4 cm³/mol. The molecular formula is C14H23N3O3S2. The monoisotopic (exact) mass is 345 g/mol. The average Bonchev–Trinajstić information content (AvgIpc) is 2.81. The Kier molecular flexibility index (Phi) is 5.34. The second-order valence-corrected chi connectivity index (χ2v) is 8.97. The Bertz CT molecular complexity index is 520. The molecule has 0 aliphatic carbocycles. The number of piperidine rings is 1. The molecule has 1 amide bonds. The maximum Gasteiger partial charge on any atom is 0.410 e. The van der Waals surface area contributed by atoms with Crippen LogP contribution >= 0.6 is 23.1 Å². The largest absolute Gasteiger partial charge is 0.444 e. The lowest BCUT2D eigenvalue weighted by molar-refractivity contribution is -0.0190. The summed E-state index contributed by atoms with van der Waals surface area (Å²) in [6.45, 7) is 8.50. The molecule has 2 heterocycles. The van der Waals surface area contributed by atoms with Gasteiger partial charge in [-0.2, -0.15) is 0 Å². The summed E-state index contributed by atoms with van der Waals surface area (Å²) in [4.78, 5) is 13.7. The van der Waals surface area contributed by atoms with E-state index >= 15 is 0 Å². The van der Waals surface area contributed by atoms with Gasteiger partial charge in [0.25, 0.3) is 0 Å². The van der Waals surface area contributed by atoms with E-state index < -0.39 is 11.2 Å². The first kappa shape index (κ1) is 17.5. The van der Waals surface area contributed by atoms with Crippen LogP contribution in [0.25, 0.3) is 0 Å². The smallest absolute Gasteiger partial charge is 0.410 e. The molecule has 1 fully saturated rings. The van der Waals surface area contributed by atoms with Gasteiger partial charge in [-0.1, -0.05) is 23.1 Å². The Hall–Kier alpha value is -0.860. The lowest BCUT2D eigenvalue weighted by Gasteiger charge is -2.38. The number of carbonyl (C=O) groups excluding carboxylic acids is 1. The van der Waals surface area contributed by atoms with Gasteiger partial charge in [-0.25, -0.2) is 4.79 Å². The van der Waals surface area contributed by atoms with Crippen LogP contribution in [0.5, 0.6) is 0 Å². The highest BCUT2D eigenvalue weighted by Gasteiger charge is 2.35. The minimum Gasteiger partial charge on any atom is -0.444 e. The number of hydrogen-bond donors (Lipinski definition) is 1. The quantitative estimate of drug-likeness (QED) is 0.849. The van der Waals surface area contributed by atoms with Crippen LogP contribution in [0.2, 0.25) is 0 Å². The first-order valence-electron chi connectivity index (χ1n) is 7.30. The van der Waals surface area contributed by atoms with E-state index in [0.29, 0.717) is 31.7 Å². The van der Waals surface area contributed by atoms with Gasteiger partial charge in [0, 0.05) is 18.8 Å². The third-order valence-electron chi connectivity index (χ3n) is 3.32. The number of amides is 1. The molecule has 124 valence electrons. The molecule has 1 aromatic heterocycles. The number of rotatable bonds is 3. The SMILES string of the molecule is Cc1nnc(SCC2(O)CCN(C(=O)OC(C)(C)C)CC2)s1. The minimum atomic E-state index is -0.761. The molecule has 0 saturated carbocycles. The zero-order chi connectivity index (χ0) is 16.4. The number of aromatic nitrogens is 2. The van der Waals surface area contributed by atoms with Crippen LogP contribution in [0.1, 0.15) is 38.6 Å². The Morgan fingerprint density at radius 3 is 2.55 bits per heavy atom. The van der Waals surface area contributed by atoms with Crippen molar-refractivity contribution in [1.82, 2.24) is 15.1 Å². The van der Waals surface area contributed by atoms with E-state index in [2.05, 4.69) is 10.2 Å². The second-order valence-electron chi connectivity index (χ2n) is 6.57. The van der Waals surface area contributed by atoms with Crippen LogP contribution in [0.4, 0.5) is 4.79 Å². The molecular weight excluding hydrogens is 322 g/mol. The summed E-state index contributed by atoms with van der Waals surface area (Å²) in [6, 6.07) is 0. The second kappa shape index (κ2) is 6.72. The third kappa shape index (κ3) is 5.10. The van der Waals surface area contributed by atoms with Gasteiger partial charge in [0.2, 0.25) is 0 Å². The van der Waals surface area contributed by atoms with Crippen molar-refractivity contribution in [2.75, 3.05) is 18.8 Å². The molecule has 8 heteroatoms. The number of nitrogens with zero attached hydrogens (tertiary/aromatic N) is 3. The van der Waals surface area contributed by atoms with Crippen molar-refractivity contribution >= 4 is 29.2 Å². The fourth-order valence-corrected chi connectivity index (χ4v) is 4.08. The zero-order valence-corrected chi connectivity index (χ0v) is 15.1. The highest BCUT2D eigenvalue weighted by molar-refractivity contribution is 8.01. The summed E-state index contributed by atoms with van der Waals surface area (Å²) >= 11 is 3.06. The fraction of sp³-hybridized carbons (Fsp3) is 0.786. The van der Waals surface area contributed by atoms with Gasteiger partial charge >= 0.3 is 6.09 Å². The Morgan fingerprint density at radius 1 is 1.41 bits per heavy atom. The van der Waals surface area contributed by atoms with Gasteiger partial charge in [-0.3, -0.25) is 0 Å². The highest BCUT2D eigenvalue weighted by atomic mass is 32.2. The standard InChI is InChI=1S/C14H23N3O3S2/c1-10-15-16-11(22-10)21-9-14(19)5-7-17(8-6-14)12(18)20-13(2,3)4/h19H,5-9H2,1-4H3. The van der Waals surface area contributed by atoms with Crippen LogP contribution in [0.15, 0.2) is 4.34 Å². The van der Waals surface area contributed by atoms with Crippen LogP contribution in [0.3, 0.4) is 0 Å². The van der Waals surface area contributed by atoms with Crippen molar-refractivity contribution < 1.29 is 14.6 Å². The van der Waals surface area contributed by atoms with E-state index in [0.717, 1.165) is 9.35 Å². The van der Waals surface area contributed by atoms with Crippen LogP contribution in [-0.2, 0) is 4.74 Å². The lowest BCUT2D eigenvalue weighted by Crippen LogP contribution is -2.49. The van der Waals surface area contributed by atoms with Gasteiger partial charge in [0.15, 0.2) is 4.34 Å². The molecule has 0 unspecified atom stereocenters. The first-order chi connectivity index (χ1) is 10.2. The van der Waals surface area contributed by atoms with Crippen LogP contribution < -0.4 is 0 Å². The number of aliphatic hydroxyl groups is 1. The number of aryl methyl sites for hydroxylation is 1. The first-order valence-corrected chi connectivity index (χ1v) is 9.10. The topological polar surface area (TPSA) is 75.6 Å². The summed E-state index contributed by atoms with van der Waals surface area (Å²) in [6.07, 6.45) is 0.801. The number of ether oxygens (including phenoxy) is 1. The molecule has 6 nitrogen and oxygen atoms in total. The van der Waals surface area contributed by atoms with Gasteiger partial charge in [-0.15, -0.1) is 10.2 Å². The molecule has 1 aliphatic heterocycles. The molecule has 2 rings (SSSR count). The number of hydrogen-bond acceptors (Lipinski definition) is 7. The molecule has 0 radical (unpaired) electrons. The third-order valence-corrected chi connectivity index (χ3v) is 5.56. The van der Waals surface area contributed by atoms with Crippen LogP contribution in [0, 0.1) is 6.92 Å². The predicted octanol–water partition coefficient (Wildman–Crippen LogP) is 2.70. The molecule has 0 spiro atoms. The minimum absolute atomic E-state index is 0.304. The Balaban J connectivity index is 1.81. The summed E-state index contributed by atoms with van der Waals surface area (Å²) in [7, 11) is 0. The Labute approximate surface area is 139 Å². The number of carbonyl (C=O) groups is 1. The molecule has 0 bridgehead atoms. The molecule has 1 saturated heterocycles. The van der Waals surface area contributed by atoms with E-state index in [1.54, 1.807) is 4.90 Å². The van der Waals surface area contributed by atoms with Crippen molar-refractivity contribution in [2.45, 2.75) is 56.1 Å². The summed E-state index contributed by atoms with van der Waals surface area (Å²) < 4.78 is 6.24. The van der Waals surface area contributed by atoms with Gasteiger partial charge in [0.1, 0.15) is 10.6 Å².